The molecule has 0 unspecified atom stereocenters. The number of anilines is 2. The van der Waals surface area contributed by atoms with Gasteiger partial charge in [0.1, 0.15) is 6.10 Å². The molecule has 0 radical (unpaired) electrons. The van der Waals surface area contributed by atoms with Gasteiger partial charge in [-0.05, 0) is 37.1 Å². The lowest BCUT2D eigenvalue weighted by Crippen LogP contribution is -2.33. The first-order valence-corrected chi connectivity index (χ1v) is 8.69. The highest BCUT2D eigenvalue weighted by atomic mass is 16.6. The summed E-state index contributed by atoms with van der Waals surface area (Å²) in [6.07, 6.45) is 2.73. The maximum Gasteiger partial charge on any atom is 0.414 e. The monoisotopic (exact) mass is 354 g/mol. The van der Waals surface area contributed by atoms with Crippen molar-refractivity contribution < 1.29 is 14.3 Å². The van der Waals surface area contributed by atoms with Crippen LogP contribution < -0.4 is 15.1 Å². The summed E-state index contributed by atoms with van der Waals surface area (Å²) in [5, 5.41) is 2.67. The number of nitrogens with zero attached hydrogens (tertiary/aromatic N) is 3. The fraction of sp³-hybridized carbons (Fsp3) is 0.421. The highest BCUT2D eigenvalue weighted by molar-refractivity contribution is 5.90. The van der Waals surface area contributed by atoms with E-state index in [0.29, 0.717) is 13.1 Å². The highest BCUT2D eigenvalue weighted by Gasteiger charge is 2.32. The molecule has 7 nitrogen and oxygen atoms in total. The normalized spacial score (nSPS) is 19.8. The summed E-state index contributed by atoms with van der Waals surface area (Å²) in [6, 6.07) is 7.85. The minimum Gasteiger partial charge on any atom is -0.442 e. The van der Waals surface area contributed by atoms with E-state index >= 15 is 0 Å². The lowest BCUT2D eigenvalue weighted by Gasteiger charge is -2.30. The quantitative estimate of drug-likeness (QED) is 0.844. The molecule has 7 heteroatoms. The average molecular weight is 354 g/mol. The molecule has 0 aromatic heterocycles. The molecule has 2 saturated heterocycles. The van der Waals surface area contributed by atoms with Gasteiger partial charge in [-0.2, -0.15) is 0 Å². The van der Waals surface area contributed by atoms with Crippen molar-refractivity contribution in [1.29, 1.82) is 0 Å². The summed E-state index contributed by atoms with van der Waals surface area (Å²) in [6.45, 7) is 10.9. The van der Waals surface area contributed by atoms with Crippen LogP contribution in [0.3, 0.4) is 0 Å². The Hall–Kier alpha value is -3.01. The van der Waals surface area contributed by atoms with Crippen molar-refractivity contribution in [2.24, 2.45) is 0 Å². The highest BCUT2D eigenvalue weighted by Crippen LogP contribution is 2.27. The van der Waals surface area contributed by atoms with E-state index in [2.05, 4.69) is 15.1 Å². The van der Waals surface area contributed by atoms with Crippen molar-refractivity contribution >= 4 is 23.4 Å². The van der Waals surface area contributed by atoms with Gasteiger partial charge in [-0.1, -0.05) is 5.57 Å². The Morgan fingerprint density at radius 1 is 1.31 bits per heavy atom. The topological polar surface area (TPSA) is 66.2 Å². The average Bonchev–Trinajstić information content (AvgIpc) is 3.02. The minimum atomic E-state index is -0.389. The summed E-state index contributed by atoms with van der Waals surface area (Å²) in [5.74, 6) is -0.139. The van der Waals surface area contributed by atoms with Gasteiger partial charge in [-0.15, -0.1) is 0 Å². The summed E-state index contributed by atoms with van der Waals surface area (Å²) >= 11 is 0. The predicted octanol–water partition coefficient (Wildman–Crippen LogP) is 2.55. The minimum absolute atomic E-state index is 0.139. The third-order valence-electron chi connectivity index (χ3n) is 4.63. The van der Waals surface area contributed by atoms with Crippen molar-refractivity contribution in [1.82, 2.24) is 5.32 Å². The number of piperidine rings is 1. The Morgan fingerprint density at radius 3 is 2.58 bits per heavy atom. The van der Waals surface area contributed by atoms with E-state index in [1.165, 1.54) is 12.5 Å². The number of carbonyl (C=O) groups excluding carboxylic acids is 2. The van der Waals surface area contributed by atoms with E-state index in [9.17, 15) is 9.59 Å². The first kappa shape index (κ1) is 17.8. The van der Waals surface area contributed by atoms with Crippen LogP contribution in [0.2, 0.25) is 0 Å². The zero-order valence-corrected chi connectivity index (χ0v) is 14.8. The van der Waals surface area contributed by atoms with Crippen LogP contribution in [0.5, 0.6) is 0 Å². The molecule has 0 bridgehead atoms. The second-order valence-electron chi connectivity index (χ2n) is 6.47. The number of amides is 2. The molecular formula is C19H22N4O3. The van der Waals surface area contributed by atoms with Gasteiger partial charge >= 0.3 is 6.09 Å². The Balaban J connectivity index is 1.60. The number of rotatable bonds is 4. The third kappa shape index (κ3) is 4.14. The van der Waals surface area contributed by atoms with Gasteiger partial charge in [0.25, 0.3) is 0 Å². The first-order chi connectivity index (χ1) is 12.6. The second-order valence-corrected chi connectivity index (χ2v) is 6.47. The van der Waals surface area contributed by atoms with E-state index in [1.807, 2.05) is 24.3 Å². The number of benzene rings is 1. The molecule has 2 fully saturated rings. The molecule has 0 saturated carbocycles. The van der Waals surface area contributed by atoms with E-state index in [1.54, 1.807) is 11.1 Å². The molecule has 2 heterocycles. The van der Waals surface area contributed by atoms with Crippen LogP contribution in [0.15, 0.2) is 36.0 Å². The van der Waals surface area contributed by atoms with Crippen molar-refractivity contribution in [2.75, 3.05) is 36.0 Å². The largest absolute Gasteiger partial charge is 0.442 e. The zero-order valence-electron chi connectivity index (χ0n) is 14.8. The summed E-state index contributed by atoms with van der Waals surface area (Å²) in [5.41, 5.74) is 3.10. The maximum absolute atomic E-state index is 12.1. The Morgan fingerprint density at radius 2 is 1.96 bits per heavy atom. The SMILES string of the molecule is [C-]#[N+]C=C1CCN(c2ccc(N3C[C@H](CNC(C)=O)OC3=O)cc2)CC1. The Labute approximate surface area is 153 Å². The van der Waals surface area contributed by atoms with Gasteiger partial charge in [-0.25, -0.2) is 9.64 Å². The molecule has 1 atom stereocenters. The summed E-state index contributed by atoms with van der Waals surface area (Å²) < 4.78 is 5.29. The number of nitrogens with one attached hydrogen (secondary N) is 1. The maximum atomic E-state index is 12.1. The number of carbonyl (C=O) groups is 2. The molecule has 2 aliphatic rings. The molecular weight excluding hydrogens is 332 g/mol. The molecule has 26 heavy (non-hydrogen) atoms. The fourth-order valence-corrected chi connectivity index (χ4v) is 3.21. The van der Waals surface area contributed by atoms with E-state index in [0.717, 1.165) is 37.3 Å². The number of ether oxygens (including phenoxy) is 1. The van der Waals surface area contributed by atoms with Crippen LogP contribution in [0.4, 0.5) is 16.2 Å². The summed E-state index contributed by atoms with van der Waals surface area (Å²) in [4.78, 5) is 30.3. The van der Waals surface area contributed by atoms with Crippen molar-refractivity contribution in [3.63, 3.8) is 0 Å². The number of hydrogen-bond donors (Lipinski definition) is 1. The van der Waals surface area contributed by atoms with Gasteiger partial charge in [0.15, 0.2) is 6.20 Å². The molecule has 2 aliphatic heterocycles. The molecule has 136 valence electrons. The van der Waals surface area contributed by atoms with Gasteiger partial charge in [-0.3, -0.25) is 9.69 Å². The van der Waals surface area contributed by atoms with Crippen LogP contribution in [0.1, 0.15) is 19.8 Å². The molecule has 1 N–H and O–H groups in total. The van der Waals surface area contributed by atoms with E-state index in [4.69, 9.17) is 11.3 Å². The second kappa shape index (κ2) is 7.91. The molecule has 0 spiro atoms. The third-order valence-corrected chi connectivity index (χ3v) is 4.63. The Kier molecular flexibility index (Phi) is 5.42. The van der Waals surface area contributed by atoms with Crippen LogP contribution in [-0.4, -0.2) is 44.3 Å². The molecule has 3 rings (SSSR count). The number of hydrogen-bond acceptors (Lipinski definition) is 4. The van der Waals surface area contributed by atoms with Crippen molar-refractivity contribution in [2.45, 2.75) is 25.9 Å². The fourth-order valence-electron chi connectivity index (χ4n) is 3.21. The standard InChI is InChI=1S/C19H22N4O3/c1-14(24)21-12-18-13-23(19(25)26-18)17-5-3-16(4-6-17)22-9-7-15(8-10-22)11-20-2/h3-6,11,18H,7-10,12-13H2,1H3,(H,21,24)/t18-/m0/s1. The van der Waals surface area contributed by atoms with Crippen LogP contribution in [-0.2, 0) is 9.53 Å². The number of cyclic esters (lactones) is 1. The van der Waals surface area contributed by atoms with Gasteiger partial charge < -0.3 is 15.0 Å². The van der Waals surface area contributed by atoms with Crippen molar-refractivity contribution in [3.8, 4) is 0 Å². The molecule has 2 amide bonds. The molecule has 0 aliphatic carbocycles. The van der Waals surface area contributed by atoms with Gasteiger partial charge in [0.2, 0.25) is 5.91 Å². The summed E-state index contributed by atoms with van der Waals surface area (Å²) in [7, 11) is 0. The first-order valence-electron chi connectivity index (χ1n) is 8.69. The van der Waals surface area contributed by atoms with E-state index in [-0.39, 0.29) is 18.1 Å². The van der Waals surface area contributed by atoms with Crippen LogP contribution in [0, 0.1) is 6.57 Å². The molecule has 1 aromatic rings. The van der Waals surface area contributed by atoms with Crippen LogP contribution >= 0.6 is 0 Å². The smallest absolute Gasteiger partial charge is 0.414 e. The lowest BCUT2D eigenvalue weighted by molar-refractivity contribution is -0.119. The molecule has 1 aromatic carbocycles. The zero-order chi connectivity index (χ0) is 18.5. The Bertz CT molecular complexity index is 741. The van der Waals surface area contributed by atoms with E-state index < -0.39 is 0 Å². The van der Waals surface area contributed by atoms with Gasteiger partial charge in [0.05, 0.1) is 19.7 Å². The van der Waals surface area contributed by atoms with Crippen LogP contribution in [0.25, 0.3) is 4.85 Å². The lowest BCUT2D eigenvalue weighted by atomic mass is 10.0. The van der Waals surface area contributed by atoms with Crippen molar-refractivity contribution in [3.05, 3.63) is 47.5 Å². The predicted molar refractivity (Wildman–Crippen MR) is 98.9 cm³/mol. The van der Waals surface area contributed by atoms with Gasteiger partial charge in [0, 0.05) is 31.4 Å².